The molecule has 0 saturated carbocycles. The normalized spacial score (nSPS) is 18.5. The second kappa shape index (κ2) is 6.34. The standard InChI is InChI=1S/C14H26N2O2/c1-14(2,3)12(15)9-13(17)16-7-5-11(6-8-16)10-18-4/h5,12H,6-10,15H2,1-4H3. The van der Waals surface area contributed by atoms with E-state index in [1.54, 1.807) is 7.11 Å². The first-order chi connectivity index (χ1) is 8.34. The summed E-state index contributed by atoms with van der Waals surface area (Å²) in [4.78, 5) is 14.0. The quantitative estimate of drug-likeness (QED) is 0.775. The van der Waals surface area contributed by atoms with Crippen molar-refractivity contribution in [2.75, 3.05) is 26.8 Å². The van der Waals surface area contributed by atoms with Crippen LogP contribution >= 0.6 is 0 Å². The summed E-state index contributed by atoms with van der Waals surface area (Å²) in [6, 6.07) is -0.0886. The number of rotatable bonds is 4. The van der Waals surface area contributed by atoms with Crippen molar-refractivity contribution in [3.8, 4) is 0 Å². The second-order valence-electron chi connectivity index (χ2n) is 6.06. The van der Waals surface area contributed by atoms with Gasteiger partial charge in [0.15, 0.2) is 0 Å². The van der Waals surface area contributed by atoms with Gasteiger partial charge in [-0.3, -0.25) is 4.79 Å². The molecule has 0 saturated heterocycles. The molecule has 0 aliphatic carbocycles. The number of ether oxygens (including phenoxy) is 1. The minimum Gasteiger partial charge on any atom is -0.380 e. The Balaban J connectivity index is 2.46. The summed E-state index contributed by atoms with van der Waals surface area (Å²) >= 11 is 0. The molecule has 18 heavy (non-hydrogen) atoms. The van der Waals surface area contributed by atoms with Gasteiger partial charge in [0.05, 0.1) is 6.61 Å². The fraction of sp³-hybridized carbons (Fsp3) is 0.786. The minimum atomic E-state index is -0.0886. The largest absolute Gasteiger partial charge is 0.380 e. The molecule has 0 fully saturated rings. The fourth-order valence-corrected chi connectivity index (χ4v) is 1.88. The van der Waals surface area contributed by atoms with Crippen LogP contribution in [-0.4, -0.2) is 43.7 Å². The van der Waals surface area contributed by atoms with Crippen molar-refractivity contribution in [1.29, 1.82) is 0 Å². The Morgan fingerprint density at radius 3 is 2.67 bits per heavy atom. The topological polar surface area (TPSA) is 55.6 Å². The molecule has 1 amide bonds. The van der Waals surface area contributed by atoms with Crippen LogP contribution in [0.3, 0.4) is 0 Å². The second-order valence-corrected chi connectivity index (χ2v) is 6.06. The molecule has 2 N–H and O–H groups in total. The van der Waals surface area contributed by atoms with Crippen LogP contribution < -0.4 is 5.73 Å². The van der Waals surface area contributed by atoms with Crippen LogP contribution in [0.5, 0.6) is 0 Å². The molecule has 0 aromatic heterocycles. The average molecular weight is 254 g/mol. The first kappa shape index (κ1) is 15.2. The number of hydrogen-bond acceptors (Lipinski definition) is 3. The maximum Gasteiger partial charge on any atom is 0.224 e. The van der Waals surface area contributed by atoms with Crippen molar-refractivity contribution < 1.29 is 9.53 Å². The Kier molecular flexibility index (Phi) is 5.35. The maximum absolute atomic E-state index is 12.1. The molecule has 1 heterocycles. The molecule has 4 heteroatoms. The highest BCUT2D eigenvalue weighted by molar-refractivity contribution is 5.77. The molecule has 0 radical (unpaired) electrons. The van der Waals surface area contributed by atoms with E-state index in [9.17, 15) is 4.79 Å². The highest BCUT2D eigenvalue weighted by Crippen LogP contribution is 2.21. The van der Waals surface area contributed by atoms with Crippen molar-refractivity contribution in [1.82, 2.24) is 4.90 Å². The van der Waals surface area contributed by atoms with E-state index >= 15 is 0 Å². The number of carbonyl (C=O) groups is 1. The fourth-order valence-electron chi connectivity index (χ4n) is 1.88. The maximum atomic E-state index is 12.1. The van der Waals surface area contributed by atoms with Crippen LogP contribution in [-0.2, 0) is 9.53 Å². The minimum absolute atomic E-state index is 0.0253. The van der Waals surface area contributed by atoms with Crippen molar-refractivity contribution in [3.63, 3.8) is 0 Å². The van der Waals surface area contributed by atoms with E-state index in [1.165, 1.54) is 5.57 Å². The highest BCUT2D eigenvalue weighted by Gasteiger charge is 2.26. The van der Waals surface area contributed by atoms with Gasteiger partial charge in [0.1, 0.15) is 0 Å². The highest BCUT2D eigenvalue weighted by atomic mass is 16.5. The molecule has 1 unspecified atom stereocenters. The van der Waals surface area contributed by atoms with Gasteiger partial charge in [-0.15, -0.1) is 0 Å². The van der Waals surface area contributed by atoms with E-state index in [-0.39, 0.29) is 17.4 Å². The van der Waals surface area contributed by atoms with Gasteiger partial charge in [0.2, 0.25) is 5.91 Å². The summed E-state index contributed by atoms with van der Waals surface area (Å²) in [6.07, 6.45) is 3.43. The van der Waals surface area contributed by atoms with Crippen LogP contribution in [0, 0.1) is 5.41 Å². The van der Waals surface area contributed by atoms with Crippen molar-refractivity contribution in [2.24, 2.45) is 11.1 Å². The third kappa shape index (κ3) is 4.42. The third-order valence-corrected chi connectivity index (χ3v) is 3.49. The molecule has 0 bridgehead atoms. The van der Waals surface area contributed by atoms with Gasteiger partial charge in [-0.2, -0.15) is 0 Å². The SMILES string of the molecule is COCC1=CCN(C(=O)CC(N)C(C)(C)C)CC1. The van der Waals surface area contributed by atoms with Crippen LogP contribution in [0.25, 0.3) is 0 Å². The lowest BCUT2D eigenvalue weighted by atomic mass is 9.85. The zero-order valence-electron chi connectivity index (χ0n) is 12.0. The summed E-state index contributed by atoms with van der Waals surface area (Å²) in [7, 11) is 1.70. The molecule has 104 valence electrons. The summed E-state index contributed by atoms with van der Waals surface area (Å²) in [6.45, 7) is 8.34. The molecule has 1 atom stereocenters. The Morgan fingerprint density at radius 2 is 2.22 bits per heavy atom. The number of hydrogen-bond donors (Lipinski definition) is 1. The molecule has 1 rings (SSSR count). The van der Waals surface area contributed by atoms with Crippen molar-refractivity contribution in [2.45, 2.75) is 39.7 Å². The number of carbonyl (C=O) groups excluding carboxylic acids is 1. The molecular weight excluding hydrogens is 228 g/mol. The Hall–Kier alpha value is -0.870. The predicted molar refractivity (Wildman–Crippen MR) is 73.2 cm³/mol. The average Bonchev–Trinajstić information content (AvgIpc) is 2.29. The smallest absolute Gasteiger partial charge is 0.224 e. The number of amides is 1. The van der Waals surface area contributed by atoms with E-state index < -0.39 is 0 Å². The van der Waals surface area contributed by atoms with E-state index in [0.29, 0.717) is 19.6 Å². The molecule has 4 nitrogen and oxygen atoms in total. The Morgan fingerprint density at radius 1 is 1.56 bits per heavy atom. The molecule has 0 spiro atoms. The number of nitrogens with zero attached hydrogens (tertiary/aromatic N) is 1. The zero-order valence-corrected chi connectivity index (χ0v) is 12.0. The van der Waals surface area contributed by atoms with E-state index in [0.717, 1.165) is 13.0 Å². The van der Waals surface area contributed by atoms with Gasteiger partial charge in [0, 0.05) is 32.7 Å². The zero-order chi connectivity index (χ0) is 13.8. The summed E-state index contributed by atoms with van der Waals surface area (Å²) < 4.78 is 5.09. The number of nitrogens with two attached hydrogens (primary N) is 1. The van der Waals surface area contributed by atoms with E-state index in [2.05, 4.69) is 26.8 Å². The van der Waals surface area contributed by atoms with Crippen LogP contribution in [0.1, 0.15) is 33.6 Å². The lowest BCUT2D eigenvalue weighted by Gasteiger charge is -2.31. The van der Waals surface area contributed by atoms with Crippen LogP contribution in [0.4, 0.5) is 0 Å². The molecular formula is C14H26N2O2. The van der Waals surface area contributed by atoms with Gasteiger partial charge >= 0.3 is 0 Å². The first-order valence-corrected chi connectivity index (χ1v) is 6.54. The summed E-state index contributed by atoms with van der Waals surface area (Å²) in [5.41, 5.74) is 7.30. The van der Waals surface area contributed by atoms with Gasteiger partial charge < -0.3 is 15.4 Å². The Bertz CT molecular complexity index is 318. The van der Waals surface area contributed by atoms with Crippen molar-refractivity contribution in [3.05, 3.63) is 11.6 Å². The Labute approximate surface area is 110 Å². The summed E-state index contributed by atoms with van der Waals surface area (Å²) in [5.74, 6) is 0.158. The van der Waals surface area contributed by atoms with Gasteiger partial charge in [0.25, 0.3) is 0 Å². The summed E-state index contributed by atoms with van der Waals surface area (Å²) in [5, 5.41) is 0. The predicted octanol–water partition coefficient (Wildman–Crippen LogP) is 1.55. The van der Waals surface area contributed by atoms with Crippen LogP contribution in [0.15, 0.2) is 11.6 Å². The number of methoxy groups -OCH3 is 1. The lowest BCUT2D eigenvalue weighted by Crippen LogP contribution is -2.43. The first-order valence-electron chi connectivity index (χ1n) is 6.54. The molecule has 1 aliphatic rings. The van der Waals surface area contributed by atoms with Crippen molar-refractivity contribution >= 4 is 5.91 Å². The monoisotopic (exact) mass is 254 g/mol. The molecule has 0 aromatic rings. The van der Waals surface area contributed by atoms with Gasteiger partial charge in [-0.1, -0.05) is 26.8 Å². The van der Waals surface area contributed by atoms with E-state index in [4.69, 9.17) is 10.5 Å². The lowest BCUT2D eigenvalue weighted by molar-refractivity contribution is -0.131. The van der Waals surface area contributed by atoms with Gasteiger partial charge in [-0.05, 0) is 17.4 Å². The van der Waals surface area contributed by atoms with Crippen LogP contribution in [0.2, 0.25) is 0 Å². The van der Waals surface area contributed by atoms with Gasteiger partial charge in [-0.25, -0.2) is 0 Å². The molecule has 1 aliphatic heterocycles. The van der Waals surface area contributed by atoms with E-state index in [1.807, 2.05) is 4.90 Å². The molecule has 0 aromatic carbocycles. The third-order valence-electron chi connectivity index (χ3n) is 3.49.